The van der Waals surface area contributed by atoms with E-state index in [1.807, 2.05) is 24.3 Å². The molecule has 0 spiro atoms. The smallest absolute Gasteiger partial charge is 0.150 e. The third kappa shape index (κ3) is 2.44. The highest BCUT2D eigenvalue weighted by Crippen LogP contribution is 2.42. The second kappa shape index (κ2) is 5.52. The van der Waals surface area contributed by atoms with Gasteiger partial charge in [0.2, 0.25) is 0 Å². The van der Waals surface area contributed by atoms with E-state index in [9.17, 15) is 0 Å². The summed E-state index contributed by atoms with van der Waals surface area (Å²) < 4.78 is 5.97. The molecule has 5 heteroatoms. The van der Waals surface area contributed by atoms with Crippen molar-refractivity contribution >= 4 is 28.9 Å². The molecule has 0 amide bonds. The molecule has 0 unspecified atom stereocenters. The minimum Gasteiger partial charge on any atom is -0.484 e. The molecular formula is C15H14Cl2N2O. The molecular weight excluding hydrogens is 295 g/mol. The number of hydrogen-bond acceptors (Lipinski definition) is 3. The van der Waals surface area contributed by atoms with Crippen LogP contribution >= 0.6 is 23.2 Å². The van der Waals surface area contributed by atoms with E-state index in [2.05, 4.69) is 5.32 Å². The monoisotopic (exact) mass is 308 g/mol. The zero-order chi connectivity index (χ0) is 14.1. The Morgan fingerprint density at radius 2 is 2.05 bits per heavy atom. The van der Waals surface area contributed by atoms with Crippen LogP contribution in [0, 0.1) is 0 Å². The minimum atomic E-state index is -0.0402. The van der Waals surface area contributed by atoms with Gasteiger partial charge < -0.3 is 15.8 Å². The standard InChI is InChI=1S/C15H14Cl2N2O/c16-9-4-5-13(17)12(6-9)11-2-1-3-14-15(11)20-10(7-18)8-19-14/h1-6,10,19H,7-8,18H2/t10-/m0/s1. The predicted molar refractivity (Wildman–Crippen MR) is 83.9 cm³/mol. The van der Waals surface area contributed by atoms with E-state index < -0.39 is 0 Å². The average molecular weight is 309 g/mol. The van der Waals surface area contributed by atoms with Crippen LogP contribution in [0.25, 0.3) is 11.1 Å². The molecule has 0 aliphatic carbocycles. The van der Waals surface area contributed by atoms with Crippen molar-refractivity contribution in [2.45, 2.75) is 6.10 Å². The van der Waals surface area contributed by atoms with Gasteiger partial charge in [0.15, 0.2) is 5.75 Å². The topological polar surface area (TPSA) is 47.3 Å². The van der Waals surface area contributed by atoms with Gasteiger partial charge in [-0.3, -0.25) is 0 Å². The number of fused-ring (bicyclic) bond motifs is 1. The lowest BCUT2D eigenvalue weighted by atomic mass is 10.0. The molecule has 0 radical (unpaired) electrons. The predicted octanol–water partition coefficient (Wildman–Crippen LogP) is 3.79. The number of nitrogens with two attached hydrogens (primary N) is 1. The maximum atomic E-state index is 6.28. The molecule has 1 heterocycles. The molecule has 1 aliphatic heterocycles. The number of halogens is 2. The fraction of sp³-hybridized carbons (Fsp3) is 0.200. The van der Waals surface area contributed by atoms with Gasteiger partial charge in [0.05, 0.1) is 12.2 Å². The first-order valence-electron chi connectivity index (χ1n) is 6.38. The van der Waals surface area contributed by atoms with Gasteiger partial charge in [0.25, 0.3) is 0 Å². The number of para-hydroxylation sites is 1. The first kappa shape index (κ1) is 13.6. The fourth-order valence-corrected chi connectivity index (χ4v) is 2.67. The lowest BCUT2D eigenvalue weighted by molar-refractivity contribution is 0.215. The van der Waals surface area contributed by atoms with E-state index in [0.717, 1.165) is 22.6 Å². The molecule has 1 aliphatic rings. The van der Waals surface area contributed by atoms with Gasteiger partial charge in [-0.05, 0) is 24.3 Å². The van der Waals surface area contributed by atoms with Crippen LogP contribution in [0.4, 0.5) is 5.69 Å². The van der Waals surface area contributed by atoms with Gasteiger partial charge >= 0.3 is 0 Å². The third-order valence-electron chi connectivity index (χ3n) is 3.30. The number of rotatable bonds is 2. The van der Waals surface area contributed by atoms with Gasteiger partial charge in [-0.25, -0.2) is 0 Å². The van der Waals surface area contributed by atoms with Crippen molar-refractivity contribution in [1.29, 1.82) is 0 Å². The summed E-state index contributed by atoms with van der Waals surface area (Å²) in [5, 5.41) is 4.61. The van der Waals surface area contributed by atoms with E-state index >= 15 is 0 Å². The van der Waals surface area contributed by atoms with Crippen LogP contribution in [0.2, 0.25) is 10.0 Å². The lowest BCUT2D eigenvalue weighted by Gasteiger charge is -2.28. The summed E-state index contributed by atoms with van der Waals surface area (Å²) in [6.07, 6.45) is -0.0402. The van der Waals surface area contributed by atoms with Crippen molar-refractivity contribution in [2.24, 2.45) is 5.73 Å². The quantitative estimate of drug-likeness (QED) is 0.887. The van der Waals surface area contributed by atoms with Crippen LogP contribution in [0.1, 0.15) is 0 Å². The average Bonchev–Trinajstić information content (AvgIpc) is 2.48. The minimum absolute atomic E-state index is 0.0402. The molecule has 0 saturated heterocycles. The van der Waals surface area contributed by atoms with Crippen LogP contribution < -0.4 is 15.8 Å². The van der Waals surface area contributed by atoms with Crippen LogP contribution in [0.15, 0.2) is 36.4 Å². The summed E-state index contributed by atoms with van der Waals surface area (Å²) in [5.41, 5.74) is 8.41. The Bertz CT molecular complexity index is 646. The zero-order valence-corrected chi connectivity index (χ0v) is 12.2. The lowest BCUT2D eigenvalue weighted by Crippen LogP contribution is -2.37. The number of benzene rings is 2. The van der Waals surface area contributed by atoms with E-state index in [1.54, 1.807) is 12.1 Å². The van der Waals surface area contributed by atoms with Crippen LogP contribution in [-0.2, 0) is 0 Å². The molecule has 3 N–H and O–H groups in total. The zero-order valence-electron chi connectivity index (χ0n) is 10.7. The van der Waals surface area contributed by atoms with Crippen LogP contribution in [-0.4, -0.2) is 19.2 Å². The summed E-state index contributed by atoms with van der Waals surface area (Å²) in [6.45, 7) is 1.17. The molecule has 20 heavy (non-hydrogen) atoms. The van der Waals surface area contributed by atoms with E-state index in [0.29, 0.717) is 23.1 Å². The van der Waals surface area contributed by atoms with Crippen molar-refractivity contribution in [3.05, 3.63) is 46.4 Å². The Kier molecular flexibility index (Phi) is 3.74. The molecule has 3 nitrogen and oxygen atoms in total. The normalized spacial score (nSPS) is 17.1. The highest BCUT2D eigenvalue weighted by molar-refractivity contribution is 6.35. The molecule has 0 saturated carbocycles. The van der Waals surface area contributed by atoms with Gasteiger partial charge in [-0.15, -0.1) is 0 Å². The summed E-state index contributed by atoms with van der Waals surface area (Å²) in [6, 6.07) is 11.3. The first-order chi connectivity index (χ1) is 9.69. The van der Waals surface area contributed by atoms with Crippen molar-refractivity contribution in [3.8, 4) is 16.9 Å². The summed E-state index contributed by atoms with van der Waals surface area (Å²) in [5.74, 6) is 0.776. The van der Waals surface area contributed by atoms with Gasteiger partial charge in [0.1, 0.15) is 6.10 Å². The van der Waals surface area contributed by atoms with E-state index in [-0.39, 0.29) is 6.10 Å². The van der Waals surface area contributed by atoms with Crippen molar-refractivity contribution in [3.63, 3.8) is 0 Å². The number of anilines is 1. The Hall–Kier alpha value is -1.42. The molecule has 2 aromatic carbocycles. The Morgan fingerprint density at radius 3 is 2.85 bits per heavy atom. The van der Waals surface area contributed by atoms with Gasteiger partial charge in [-0.2, -0.15) is 0 Å². The third-order valence-corrected chi connectivity index (χ3v) is 3.87. The number of hydrogen-bond donors (Lipinski definition) is 2. The van der Waals surface area contributed by atoms with Crippen LogP contribution in [0.3, 0.4) is 0 Å². The molecule has 0 aromatic heterocycles. The van der Waals surface area contributed by atoms with E-state index in [1.165, 1.54) is 0 Å². The second-order valence-corrected chi connectivity index (χ2v) is 5.51. The van der Waals surface area contributed by atoms with Gasteiger partial charge in [0, 0.05) is 27.7 Å². The maximum Gasteiger partial charge on any atom is 0.150 e. The Morgan fingerprint density at radius 1 is 1.20 bits per heavy atom. The fourth-order valence-electron chi connectivity index (χ4n) is 2.28. The maximum absolute atomic E-state index is 6.28. The molecule has 2 aromatic rings. The molecule has 0 fully saturated rings. The highest BCUT2D eigenvalue weighted by atomic mass is 35.5. The first-order valence-corrected chi connectivity index (χ1v) is 7.13. The summed E-state index contributed by atoms with van der Waals surface area (Å²) in [7, 11) is 0. The van der Waals surface area contributed by atoms with Crippen molar-refractivity contribution in [2.75, 3.05) is 18.4 Å². The summed E-state index contributed by atoms with van der Waals surface area (Å²) >= 11 is 12.4. The molecule has 3 rings (SSSR count). The largest absolute Gasteiger partial charge is 0.484 e. The number of ether oxygens (including phenoxy) is 1. The van der Waals surface area contributed by atoms with Crippen LogP contribution in [0.5, 0.6) is 5.75 Å². The second-order valence-electron chi connectivity index (χ2n) is 4.66. The molecule has 1 atom stereocenters. The van der Waals surface area contributed by atoms with Gasteiger partial charge in [-0.1, -0.05) is 35.3 Å². The van der Waals surface area contributed by atoms with E-state index in [4.69, 9.17) is 33.7 Å². The number of nitrogens with one attached hydrogen (secondary N) is 1. The SMILES string of the molecule is NC[C@H]1CNc2cccc(-c3cc(Cl)ccc3Cl)c2O1. The Labute approximate surface area is 127 Å². The molecule has 104 valence electrons. The Balaban J connectivity index is 2.13. The van der Waals surface area contributed by atoms with Crippen molar-refractivity contribution < 1.29 is 4.74 Å². The molecule has 0 bridgehead atoms. The summed E-state index contributed by atoms with van der Waals surface area (Å²) in [4.78, 5) is 0. The highest BCUT2D eigenvalue weighted by Gasteiger charge is 2.22. The van der Waals surface area contributed by atoms with Crippen molar-refractivity contribution in [1.82, 2.24) is 0 Å².